The van der Waals surface area contributed by atoms with Gasteiger partial charge in [-0.05, 0) is 35.4 Å². The predicted molar refractivity (Wildman–Crippen MR) is 76.4 cm³/mol. The van der Waals surface area contributed by atoms with Gasteiger partial charge in [0.05, 0.1) is 5.37 Å². The Kier molecular flexibility index (Phi) is 3.08. The topological polar surface area (TPSA) is 12.0 Å². The van der Waals surface area contributed by atoms with Crippen LogP contribution in [0.4, 0.5) is 0 Å². The van der Waals surface area contributed by atoms with Crippen LogP contribution in [-0.4, -0.2) is 11.8 Å². The summed E-state index contributed by atoms with van der Waals surface area (Å²) in [6.07, 6.45) is 1.27. The molecular formula is C15H17NS. The highest BCUT2D eigenvalue weighted by Crippen LogP contribution is 2.35. The predicted octanol–water partition coefficient (Wildman–Crippen LogP) is 3.95. The van der Waals surface area contributed by atoms with Crippen molar-refractivity contribution in [3.63, 3.8) is 0 Å². The molecule has 2 unspecified atom stereocenters. The Labute approximate surface area is 107 Å². The van der Waals surface area contributed by atoms with E-state index in [9.17, 15) is 0 Å². The van der Waals surface area contributed by atoms with E-state index in [-0.39, 0.29) is 0 Å². The molecule has 1 aliphatic rings. The van der Waals surface area contributed by atoms with Crippen LogP contribution in [0.5, 0.6) is 0 Å². The third kappa shape index (κ3) is 2.20. The van der Waals surface area contributed by atoms with Gasteiger partial charge >= 0.3 is 0 Å². The monoisotopic (exact) mass is 243 g/mol. The summed E-state index contributed by atoms with van der Waals surface area (Å²) in [7, 11) is 0. The minimum atomic E-state index is 0.449. The van der Waals surface area contributed by atoms with Crippen LogP contribution in [0.3, 0.4) is 0 Å². The molecule has 2 aromatic rings. The average Bonchev–Trinajstić information content (AvgIpc) is 2.38. The smallest absolute Gasteiger partial charge is 0.0797 e. The van der Waals surface area contributed by atoms with E-state index < -0.39 is 0 Å². The number of hydrogen-bond acceptors (Lipinski definition) is 2. The van der Waals surface area contributed by atoms with E-state index in [1.807, 2.05) is 11.8 Å². The Morgan fingerprint density at radius 1 is 1.12 bits per heavy atom. The molecule has 1 fully saturated rings. The van der Waals surface area contributed by atoms with Crippen molar-refractivity contribution in [1.82, 2.24) is 5.32 Å². The largest absolute Gasteiger partial charge is 0.299 e. The summed E-state index contributed by atoms with van der Waals surface area (Å²) in [5.41, 5.74) is 1.43. The molecule has 1 saturated heterocycles. The van der Waals surface area contributed by atoms with Gasteiger partial charge in [-0.3, -0.25) is 5.32 Å². The molecule has 2 aromatic carbocycles. The van der Waals surface area contributed by atoms with Crippen LogP contribution < -0.4 is 5.32 Å². The van der Waals surface area contributed by atoms with E-state index in [2.05, 4.69) is 54.7 Å². The van der Waals surface area contributed by atoms with E-state index in [4.69, 9.17) is 0 Å². The summed E-state index contributed by atoms with van der Waals surface area (Å²) in [6.45, 7) is 2.28. The Morgan fingerprint density at radius 2 is 1.94 bits per heavy atom. The van der Waals surface area contributed by atoms with Crippen molar-refractivity contribution < 1.29 is 0 Å². The molecule has 0 spiro atoms. The van der Waals surface area contributed by atoms with Gasteiger partial charge in [-0.2, -0.15) is 0 Å². The van der Waals surface area contributed by atoms with Gasteiger partial charge in [-0.25, -0.2) is 0 Å². The molecule has 0 amide bonds. The van der Waals surface area contributed by atoms with Crippen LogP contribution in [0.1, 0.15) is 24.3 Å². The van der Waals surface area contributed by atoms with Gasteiger partial charge in [-0.15, -0.1) is 11.8 Å². The molecule has 0 bridgehead atoms. The number of fused-ring (bicyclic) bond motifs is 1. The maximum absolute atomic E-state index is 3.69. The van der Waals surface area contributed by atoms with Crippen LogP contribution in [-0.2, 0) is 0 Å². The lowest BCUT2D eigenvalue weighted by molar-refractivity contribution is 0.513. The van der Waals surface area contributed by atoms with E-state index >= 15 is 0 Å². The van der Waals surface area contributed by atoms with Gasteiger partial charge in [0.25, 0.3) is 0 Å². The Hall–Kier alpha value is -0.990. The number of benzene rings is 2. The van der Waals surface area contributed by atoms with Gasteiger partial charge in [0.1, 0.15) is 0 Å². The van der Waals surface area contributed by atoms with Gasteiger partial charge in [0, 0.05) is 6.04 Å². The lowest BCUT2D eigenvalue weighted by Crippen LogP contribution is -2.33. The molecule has 1 aliphatic heterocycles. The van der Waals surface area contributed by atoms with Gasteiger partial charge in [-0.1, -0.05) is 42.5 Å². The number of hydrogen-bond donors (Lipinski definition) is 1. The van der Waals surface area contributed by atoms with E-state index in [0.717, 1.165) is 0 Å². The second-order valence-corrected chi connectivity index (χ2v) is 5.89. The lowest BCUT2D eigenvalue weighted by atomic mass is 10.0. The fourth-order valence-electron chi connectivity index (χ4n) is 2.41. The molecule has 0 aliphatic carbocycles. The maximum atomic E-state index is 3.69. The van der Waals surface area contributed by atoms with E-state index in [1.54, 1.807) is 0 Å². The molecule has 3 rings (SSSR count). The minimum Gasteiger partial charge on any atom is -0.299 e. The molecule has 0 radical (unpaired) electrons. The molecule has 2 heteroatoms. The van der Waals surface area contributed by atoms with Crippen molar-refractivity contribution in [3.05, 3.63) is 48.0 Å². The van der Waals surface area contributed by atoms with Crippen LogP contribution >= 0.6 is 11.8 Å². The molecule has 2 atom stereocenters. The van der Waals surface area contributed by atoms with Gasteiger partial charge < -0.3 is 0 Å². The minimum absolute atomic E-state index is 0.449. The fourth-order valence-corrected chi connectivity index (χ4v) is 3.85. The molecule has 1 heterocycles. The number of thioether (sulfide) groups is 1. The SMILES string of the molecule is CC1CCSC(c2cccc3ccccc23)N1. The first-order valence-corrected chi connectivity index (χ1v) is 7.25. The lowest BCUT2D eigenvalue weighted by Gasteiger charge is -2.29. The maximum Gasteiger partial charge on any atom is 0.0797 e. The van der Waals surface area contributed by atoms with Crippen molar-refractivity contribution in [3.8, 4) is 0 Å². The van der Waals surface area contributed by atoms with Crippen LogP contribution in [0.15, 0.2) is 42.5 Å². The zero-order valence-electron chi connectivity index (χ0n) is 10.0. The molecule has 1 nitrogen and oxygen atoms in total. The quantitative estimate of drug-likeness (QED) is 0.814. The van der Waals surface area contributed by atoms with Crippen LogP contribution in [0, 0.1) is 0 Å². The highest BCUT2D eigenvalue weighted by molar-refractivity contribution is 7.99. The first-order chi connectivity index (χ1) is 8.34. The van der Waals surface area contributed by atoms with Gasteiger partial charge in [0.2, 0.25) is 0 Å². The third-order valence-electron chi connectivity index (χ3n) is 3.38. The zero-order chi connectivity index (χ0) is 11.7. The first-order valence-electron chi connectivity index (χ1n) is 6.20. The summed E-state index contributed by atoms with van der Waals surface area (Å²) in [5, 5.41) is 6.86. The molecule has 0 aromatic heterocycles. The van der Waals surface area contributed by atoms with E-state index in [0.29, 0.717) is 11.4 Å². The van der Waals surface area contributed by atoms with Crippen LogP contribution in [0.25, 0.3) is 10.8 Å². The Balaban J connectivity index is 2.04. The van der Waals surface area contributed by atoms with Crippen molar-refractivity contribution >= 4 is 22.5 Å². The molecule has 1 N–H and O–H groups in total. The van der Waals surface area contributed by atoms with Crippen molar-refractivity contribution in [1.29, 1.82) is 0 Å². The zero-order valence-corrected chi connectivity index (χ0v) is 10.8. The molecule has 0 saturated carbocycles. The average molecular weight is 243 g/mol. The number of nitrogens with one attached hydrogen (secondary N) is 1. The fraction of sp³-hybridized carbons (Fsp3) is 0.333. The highest BCUT2D eigenvalue weighted by Gasteiger charge is 2.20. The van der Waals surface area contributed by atoms with E-state index in [1.165, 1.54) is 28.5 Å². The molecule has 17 heavy (non-hydrogen) atoms. The second kappa shape index (κ2) is 4.71. The second-order valence-electron chi connectivity index (χ2n) is 4.68. The highest BCUT2D eigenvalue weighted by atomic mass is 32.2. The molecular weight excluding hydrogens is 226 g/mol. The summed E-state index contributed by atoms with van der Waals surface area (Å²) in [4.78, 5) is 0. The van der Waals surface area contributed by atoms with Crippen molar-refractivity contribution in [2.45, 2.75) is 24.8 Å². The summed E-state index contributed by atoms with van der Waals surface area (Å²) < 4.78 is 0. The summed E-state index contributed by atoms with van der Waals surface area (Å²) >= 11 is 2.02. The summed E-state index contributed by atoms with van der Waals surface area (Å²) in [5.74, 6) is 1.25. The Morgan fingerprint density at radius 3 is 2.82 bits per heavy atom. The van der Waals surface area contributed by atoms with Crippen molar-refractivity contribution in [2.24, 2.45) is 0 Å². The molecule has 88 valence electrons. The summed E-state index contributed by atoms with van der Waals surface area (Å²) in [6, 6.07) is 15.9. The Bertz CT molecular complexity index is 518. The third-order valence-corrected chi connectivity index (χ3v) is 4.57. The number of rotatable bonds is 1. The normalized spacial score (nSPS) is 25.0. The van der Waals surface area contributed by atoms with Gasteiger partial charge in [0.15, 0.2) is 0 Å². The first kappa shape index (κ1) is 11.1. The van der Waals surface area contributed by atoms with Crippen molar-refractivity contribution in [2.75, 3.05) is 5.75 Å². The van der Waals surface area contributed by atoms with Crippen LogP contribution in [0.2, 0.25) is 0 Å². The standard InChI is InChI=1S/C15H17NS/c1-11-9-10-17-15(16-11)14-8-4-6-12-5-2-3-7-13(12)14/h2-8,11,15-16H,9-10H2,1H3.